The van der Waals surface area contributed by atoms with Crippen LogP contribution >= 0.6 is 0 Å². The second-order valence-corrected chi connectivity index (χ2v) is 24.4. The topological polar surface area (TPSA) is 170 Å². The van der Waals surface area contributed by atoms with Crippen LogP contribution in [-0.4, -0.2) is 122 Å². The Kier molecular flexibility index (Phi) is 26.3. The summed E-state index contributed by atoms with van der Waals surface area (Å²) in [6.45, 7) is 1.23. The van der Waals surface area contributed by atoms with Crippen molar-refractivity contribution in [2.75, 3.05) is 19.8 Å². The summed E-state index contributed by atoms with van der Waals surface area (Å²) in [6, 6.07) is 88.2. The Hall–Kier alpha value is -7.66. The Morgan fingerprint density at radius 2 is 0.454 bits per heavy atom. The van der Waals surface area contributed by atoms with Gasteiger partial charge in [-0.3, -0.25) is 0 Å². The number of aliphatic hydroxyl groups is 2. The van der Waals surface area contributed by atoms with Crippen molar-refractivity contribution in [1.29, 1.82) is 0 Å². The van der Waals surface area contributed by atoms with Crippen molar-refractivity contribution in [2.24, 2.45) is 0 Å². The SMILES string of the molecule is O[C@@H]1[C@@H](OCc2ccccc2)[C@@H](O[C@H]2[C@H](OCc3ccccc3)[C@@H](OCc3ccccc3)[C@@H](O[C@H]3[C@H](OCc4ccccc4)[C@@H](OCc4ccccc4)[C@H](O)O[C@@H]3COCc3ccccc3)O[C@@H]2COCc2ccccc2)O[C@H](COCc2ccccc2)[C@H]1OCc1ccccc1. The van der Waals surface area contributed by atoms with E-state index in [4.69, 9.17) is 66.3 Å². The molecule has 97 heavy (non-hydrogen) atoms. The minimum Gasteiger partial charge on any atom is -0.387 e. The van der Waals surface area contributed by atoms with Crippen LogP contribution in [0, 0.1) is 0 Å². The first kappa shape index (κ1) is 69.2. The Labute approximate surface area is 568 Å². The molecule has 3 heterocycles. The first-order valence-corrected chi connectivity index (χ1v) is 33.4. The molecule has 16 heteroatoms. The van der Waals surface area contributed by atoms with Gasteiger partial charge in [-0.15, -0.1) is 0 Å². The molecule has 506 valence electrons. The Morgan fingerprint density at radius 1 is 0.227 bits per heavy atom. The van der Waals surface area contributed by atoms with Gasteiger partial charge in [-0.2, -0.15) is 0 Å². The maximum absolute atomic E-state index is 13.1. The quantitative estimate of drug-likeness (QED) is 0.0390. The van der Waals surface area contributed by atoms with Crippen LogP contribution in [0.3, 0.4) is 0 Å². The molecule has 2 N–H and O–H groups in total. The number of rotatable bonds is 34. The lowest BCUT2D eigenvalue weighted by Gasteiger charge is -2.51. The molecule has 0 amide bonds. The van der Waals surface area contributed by atoms with Crippen LogP contribution in [-0.2, 0) is 126 Å². The predicted octanol–water partition coefficient (Wildman–Crippen LogP) is 12.4. The summed E-state index contributed by atoms with van der Waals surface area (Å²) < 4.78 is 98.3. The van der Waals surface area contributed by atoms with E-state index in [9.17, 15) is 10.2 Å². The van der Waals surface area contributed by atoms with Gasteiger partial charge in [0.25, 0.3) is 0 Å². The highest BCUT2D eigenvalue weighted by molar-refractivity contribution is 5.21. The lowest BCUT2D eigenvalue weighted by molar-refractivity contribution is -0.392. The summed E-state index contributed by atoms with van der Waals surface area (Å²) in [5.74, 6) is 0. The van der Waals surface area contributed by atoms with Gasteiger partial charge in [0.1, 0.15) is 73.2 Å². The van der Waals surface area contributed by atoms with Gasteiger partial charge >= 0.3 is 0 Å². The summed E-state index contributed by atoms with van der Waals surface area (Å²) in [5, 5.41) is 25.4. The first-order valence-electron chi connectivity index (χ1n) is 33.4. The number of hydrogen-bond acceptors (Lipinski definition) is 16. The fourth-order valence-electron chi connectivity index (χ4n) is 12.2. The zero-order valence-corrected chi connectivity index (χ0v) is 54.2. The average molecular weight is 1320 g/mol. The second kappa shape index (κ2) is 36.8. The van der Waals surface area contributed by atoms with Gasteiger partial charge in [0.15, 0.2) is 18.9 Å². The highest BCUT2D eigenvalue weighted by atomic mass is 16.8. The third kappa shape index (κ3) is 20.2. The molecular formula is C81H86O16. The Bertz CT molecular complexity index is 3590. The number of benzene rings is 9. The molecule has 0 unspecified atom stereocenters. The van der Waals surface area contributed by atoms with Gasteiger partial charge in [0, 0.05) is 0 Å². The van der Waals surface area contributed by atoms with E-state index in [2.05, 4.69) is 0 Å². The van der Waals surface area contributed by atoms with Crippen molar-refractivity contribution in [3.63, 3.8) is 0 Å². The van der Waals surface area contributed by atoms with Gasteiger partial charge in [-0.1, -0.05) is 273 Å². The van der Waals surface area contributed by atoms with Crippen LogP contribution in [0.15, 0.2) is 273 Å². The maximum Gasteiger partial charge on any atom is 0.187 e. The fraction of sp³-hybridized carbons (Fsp3) is 0.333. The molecule has 3 saturated heterocycles. The standard InChI is InChI=1S/C81H86O16/c82-70-71(87-49-61-34-16-4-17-35-61)67(55-84-46-58-28-10-1-11-29-58)94-80(74(70)88-50-62-36-18-5-19-37-62)96-73-69(57-86-48-60-32-14-3-15-33-60)95-81(78(92-54-66-44-26-9-27-45-66)76(73)90-52-64-40-22-7-23-41-64)97-72-68(56-85-47-59-30-12-2-13-31-59)93-79(83)77(91-53-65-42-24-8-25-43-65)75(72)89-51-63-38-20-6-21-39-63/h1-45,67-83H,46-57H2/t67-,68-,69-,70+,71-,72-,73-,74-,75+,76+,77-,78-,79-,80-,81-/m1/s1. The molecule has 0 radical (unpaired) electrons. The van der Waals surface area contributed by atoms with Crippen LogP contribution < -0.4 is 0 Å². The van der Waals surface area contributed by atoms with Gasteiger partial charge in [-0.05, 0) is 50.1 Å². The minimum atomic E-state index is -1.50. The predicted molar refractivity (Wildman–Crippen MR) is 362 cm³/mol. The van der Waals surface area contributed by atoms with Crippen molar-refractivity contribution >= 4 is 0 Å². The van der Waals surface area contributed by atoms with Crippen molar-refractivity contribution in [1.82, 2.24) is 0 Å². The molecule has 12 rings (SSSR count). The van der Waals surface area contributed by atoms with E-state index in [1.165, 1.54) is 0 Å². The molecule has 0 saturated carbocycles. The smallest absolute Gasteiger partial charge is 0.187 e. The molecule has 9 aromatic carbocycles. The van der Waals surface area contributed by atoms with Crippen LogP contribution in [0.1, 0.15) is 50.1 Å². The lowest BCUT2D eigenvalue weighted by atomic mass is 9.95. The number of aliphatic hydroxyl groups excluding tert-OH is 2. The highest BCUT2D eigenvalue weighted by Gasteiger charge is 2.57. The lowest BCUT2D eigenvalue weighted by Crippen LogP contribution is -2.68. The van der Waals surface area contributed by atoms with E-state index in [1.807, 2.05) is 273 Å². The number of ether oxygens (including phenoxy) is 14. The van der Waals surface area contributed by atoms with E-state index in [0.717, 1.165) is 50.1 Å². The maximum atomic E-state index is 13.1. The molecule has 3 aliphatic heterocycles. The molecule has 9 aromatic rings. The van der Waals surface area contributed by atoms with Gasteiger partial charge in [0.2, 0.25) is 0 Å². The zero-order chi connectivity index (χ0) is 66.1. The minimum absolute atomic E-state index is 0.00602. The van der Waals surface area contributed by atoms with Crippen LogP contribution in [0.4, 0.5) is 0 Å². The summed E-state index contributed by atoms with van der Waals surface area (Å²) in [6.07, 6.45) is -17.2. The van der Waals surface area contributed by atoms with Gasteiger partial charge < -0.3 is 76.5 Å². The molecule has 0 bridgehead atoms. The van der Waals surface area contributed by atoms with E-state index in [1.54, 1.807) is 0 Å². The van der Waals surface area contributed by atoms with E-state index in [0.29, 0.717) is 0 Å². The molecule has 0 aliphatic carbocycles. The fourth-order valence-corrected chi connectivity index (χ4v) is 12.2. The molecule has 0 aromatic heterocycles. The normalized spacial score (nSPS) is 25.7. The highest BCUT2D eigenvalue weighted by Crippen LogP contribution is 2.39. The summed E-state index contributed by atoms with van der Waals surface area (Å²) in [7, 11) is 0. The van der Waals surface area contributed by atoms with E-state index >= 15 is 0 Å². The van der Waals surface area contributed by atoms with E-state index < -0.39 is 92.1 Å². The third-order valence-corrected chi connectivity index (χ3v) is 17.3. The van der Waals surface area contributed by atoms with Crippen LogP contribution in [0.5, 0.6) is 0 Å². The Morgan fingerprint density at radius 3 is 0.773 bits per heavy atom. The molecule has 3 fully saturated rings. The first-order chi connectivity index (χ1) is 47.9. The largest absolute Gasteiger partial charge is 0.387 e. The number of hydrogen-bond donors (Lipinski definition) is 2. The van der Waals surface area contributed by atoms with Crippen LogP contribution in [0.2, 0.25) is 0 Å². The summed E-state index contributed by atoms with van der Waals surface area (Å²) in [4.78, 5) is 0. The zero-order valence-electron chi connectivity index (χ0n) is 54.2. The van der Waals surface area contributed by atoms with Crippen LogP contribution in [0.25, 0.3) is 0 Å². The van der Waals surface area contributed by atoms with Gasteiger partial charge in [-0.25, -0.2) is 0 Å². The second-order valence-electron chi connectivity index (χ2n) is 24.4. The molecule has 0 spiro atoms. The van der Waals surface area contributed by atoms with Gasteiger partial charge in [0.05, 0.1) is 79.3 Å². The van der Waals surface area contributed by atoms with Crippen molar-refractivity contribution in [3.8, 4) is 0 Å². The molecule has 15 atom stereocenters. The molecular weight excluding hydrogens is 1230 g/mol. The summed E-state index contributed by atoms with van der Waals surface area (Å²) >= 11 is 0. The molecule has 3 aliphatic rings. The van der Waals surface area contributed by atoms with E-state index in [-0.39, 0.29) is 79.3 Å². The average Bonchev–Trinajstić information content (AvgIpc) is 0.784. The van der Waals surface area contributed by atoms with Crippen molar-refractivity contribution in [3.05, 3.63) is 323 Å². The van der Waals surface area contributed by atoms with Crippen molar-refractivity contribution < 1.29 is 76.5 Å². The third-order valence-electron chi connectivity index (χ3n) is 17.3. The molecule has 16 nitrogen and oxygen atoms in total. The Balaban J connectivity index is 0.951. The van der Waals surface area contributed by atoms with Crippen molar-refractivity contribution in [2.45, 2.75) is 152 Å². The monoisotopic (exact) mass is 1310 g/mol. The summed E-state index contributed by atoms with van der Waals surface area (Å²) in [5.41, 5.74) is 8.06.